The molecule has 1 unspecified atom stereocenters. The van der Waals surface area contributed by atoms with Crippen molar-refractivity contribution in [1.82, 2.24) is 15.5 Å². The van der Waals surface area contributed by atoms with Gasteiger partial charge in [-0.05, 0) is 80.9 Å². The Bertz CT molecular complexity index is 973. The lowest BCUT2D eigenvalue weighted by Gasteiger charge is -2.38. The van der Waals surface area contributed by atoms with Gasteiger partial charge in [-0.2, -0.15) is 0 Å². The van der Waals surface area contributed by atoms with E-state index in [9.17, 15) is 18.4 Å². The average Bonchev–Trinajstić information content (AvgIpc) is 3.16. The zero-order valence-electron chi connectivity index (χ0n) is 20.4. The molecule has 0 aromatic heterocycles. The molecule has 5 rings (SSSR count). The van der Waals surface area contributed by atoms with E-state index in [0.29, 0.717) is 55.8 Å². The van der Waals surface area contributed by atoms with Crippen molar-refractivity contribution >= 4 is 11.8 Å². The van der Waals surface area contributed by atoms with Gasteiger partial charge in [0.1, 0.15) is 6.04 Å². The minimum Gasteiger partial charge on any atom is -0.329 e. The van der Waals surface area contributed by atoms with E-state index in [0.717, 1.165) is 43.4 Å². The Morgan fingerprint density at radius 1 is 1.06 bits per heavy atom. The summed E-state index contributed by atoms with van der Waals surface area (Å²) in [5.74, 6) is -0.113. The number of fused-ring (bicyclic) bond motifs is 1. The molecule has 3 fully saturated rings. The van der Waals surface area contributed by atoms with E-state index in [1.54, 1.807) is 4.90 Å². The predicted octanol–water partition coefficient (Wildman–Crippen LogP) is 4.95. The number of hydrogen-bond acceptors (Lipinski definition) is 3. The average molecular weight is 486 g/mol. The fourth-order valence-corrected chi connectivity index (χ4v) is 6.65. The molecule has 2 aliphatic heterocycles. The first-order valence-corrected chi connectivity index (χ1v) is 13.3. The molecule has 0 bridgehead atoms. The number of nitrogens with zero attached hydrogens (tertiary/aromatic N) is 1. The summed E-state index contributed by atoms with van der Waals surface area (Å²) >= 11 is 0. The molecule has 0 spiro atoms. The standard InChI is InChI=1S/C28H37F2N3O2/c1-17-6-13-25(27(34)31-17)33-16-21-15-18(7-12-23(21)28(33)35)14-20-4-2-3-5-24(20)32-22-10-8-19(9-11-22)26(29)30/h7,12,15,19-20,22,24-26,32H,1-6,8-11,13-14,16H2,(H,31,34)/t19-,20-,22-,24+,25?/m1/s1. The number of rotatable bonds is 6. The third-order valence-corrected chi connectivity index (χ3v) is 8.68. The van der Waals surface area contributed by atoms with Crippen molar-refractivity contribution in [3.63, 3.8) is 0 Å². The van der Waals surface area contributed by atoms with E-state index in [-0.39, 0.29) is 11.8 Å². The number of benzene rings is 1. The van der Waals surface area contributed by atoms with E-state index in [1.165, 1.54) is 18.4 Å². The molecule has 35 heavy (non-hydrogen) atoms. The highest BCUT2D eigenvalue weighted by Crippen LogP contribution is 2.34. The summed E-state index contributed by atoms with van der Waals surface area (Å²) in [7, 11) is 0. The van der Waals surface area contributed by atoms with Crippen LogP contribution in [-0.4, -0.2) is 41.3 Å². The number of piperidine rings is 1. The third kappa shape index (κ3) is 5.30. The molecule has 2 heterocycles. The number of carbonyl (C=O) groups excluding carboxylic acids is 2. The Labute approximate surface area is 206 Å². The fraction of sp³-hybridized carbons (Fsp3) is 0.643. The first-order valence-electron chi connectivity index (χ1n) is 13.3. The van der Waals surface area contributed by atoms with Gasteiger partial charge in [0.05, 0.1) is 0 Å². The SMILES string of the molecule is C=C1CCC(N2Cc3cc(C[C@H]4CCCC[C@@H]4N[C@H]4CC[C@H](C(F)F)CC4)ccc3C2=O)C(=O)N1. The van der Waals surface area contributed by atoms with E-state index >= 15 is 0 Å². The number of alkyl halides is 2. The number of hydrogen-bond donors (Lipinski definition) is 2. The maximum absolute atomic E-state index is 13.0. The van der Waals surface area contributed by atoms with Gasteiger partial charge in [-0.25, -0.2) is 8.78 Å². The second-order valence-corrected chi connectivity index (χ2v) is 11.0. The van der Waals surface area contributed by atoms with Crippen molar-refractivity contribution in [3.8, 4) is 0 Å². The number of carbonyl (C=O) groups is 2. The summed E-state index contributed by atoms with van der Waals surface area (Å²) in [6.45, 7) is 4.31. The van der Waals surface area contributed by atoms with Crippen LogP contribution in [0.1, 0.15) is 85.7 Å². The number of amides is 2. The first kappa shape index (κ1) is 24.4. The molecule has 3 atom stereocenters. The van der Waals surface area contributed by atoms with Crippen molar-refractivity contribution in [2.75, 3.05) is 0 Å². The highest BCUT2D eigenvalue weighted by atomic mass is 19.3. The van der Waals surface area contributed by atoms with Crippen LogP contribution in [0.5, 0.6) is 0 Å². The van der Waals surface area contributed by atoms with Gasteiger partial charge < -0.3 is 15.5 Å². The third-order valence-electron chi connectivity index (χ3n) is 8.68. The molecule has 0 radical (unpaired) electrons. The normalized spacial score (nSPS) is 31.6. The molecule has 1 aromatic carbocycles. The molecule has 2 saturated carbocycles. The molecule has 2 amide bonds. The molecule has 190 valence electrons. The van der Waals surface area contributed by atoms with Gasteiger partial charge in [-0.15, -0.1) is 0 Å². The van der Waals surface area contributed by atoms with E-state index < -0.39 is 18.4 Å². The van der Waals surface area contributed by atoms with Gasteiger partial charge in [0.25, 0.3) is 5.91 Å². The van der Waals surface area contributed by atoms with Crippen LogP contribution in [0.2, 0.25) is 0 Å². The van der Waals surface area contributed by atoms with E-state index in [2.05, 4.69) is 29.3 Å². The van der Waals surface area contributed by atoms with Gasteiger partial charge >= 0.3 is 0 Å². The number of halogens is 2. The Balaban J connectivity index is 1.22. The summed E-state index contributed by atoms with van der Waals surface area (Å²) < 4.78 is 26.1. The molecule has 5 nitrogen and oxygen atoms in total. The maximum atomic E-state index is 13.0. The van der Waals surface area contributed by atoms with Crippen LogP contribution in [-0.2, 0) is 17.8 Å². The summed E-state index contributed by atoms with van der Waals surface area (Å²) in [5.41, 5.74) is 3.67. The van der Waals surface area contributed by atoms with Crippen LogP contribution in [0.25, 0.3) is 0 Å². The van der Waals surface area contributed by atoms with Gasteiger partial charge in [-0.3, -0.25) is 9.59 Å². The summed E-state index contributed by atoms with van der Waals surface area (Å²) in [4.78, 5) is 27.2. The fourth-order valence-electron chi connectivity index (χ4n) is 6.65. The zero-order chi connectivity index (χ0) is 24.5. The van der Waals surface area contributed by atoms with Crippen LogP contribution in [0.3, 0.4) is 0 Å². The molecule has 7 heteroatoms. The largest absolute Gasteiger partial charge is 0.329 e. The Hall–Kier alpha value is -2.28. The minimum absolute atomic E-state index is 0.0594. The van der Waals surface area contributed by atoms with Crippen LogP contribution >= 0.6 is 0 Å². The highest BCUT2D eigenvalue weighted by molar-refractivity contribution is 6.01. The second-order valence-electron chi connectivity index (χ2n) is 11.0. The lowest BCUT2D eigenvalue weighted by atomic mass is 9.79. The summed E-state index contributed by atoms with van der Waals surface area (Å²) in [5, 5.41) is 6.64. The highest BCUT2D eigenvalue weighted by Gasteiger charge is 2.38. The second kappa shape index (κ2) is 10.4. The van der Waals surface area contributed by atoms with E-state index in [4.69, 9.17) is 0 Å². The van der Waals surface area contributed by atoms with Crippen molar-refractivity contribution in [1.29, 1.82) is 0 Å². The molecular formula is C28H37F2N3O2. The molecule has 4 aliphatic rings. The summed E-state index contributed by atoms with van der Waals surface area (Å²) in [6.07, 6.45) is 7.75. The molecular weight excluding hydrogens is 448 g/mol. The number of nitrogens with one attached hydrogen (secondary N) is 2. The van der Waals surface area contributed by atoms with E-state index in [1.807, 2.05) is 6.07 Å². The van der Waals surface area contributed by atoms with Crippen LogP contribution < -0.4 is 10.6 Å². The first-order chi connectivity index (χ1) is 16.9. The monoisotopic (exact) mass is 485 g/mol. The predicted molar refractivity (Wildman–Crippen MR) is 131 cm³/mol. The zero-order valence-corrected chi connectivity index (χ0v) is 20.4. The van der Waals surface area contributed by atoms with Crippen LogP contribution in [0.4, 0.5) is 8.78 Å². The number of allylic oxidation sites excluding steroid dienone is 1. The molecule has 1 aromatic rings. The Morgan fingerprint density at radius 2 is 1.83 bits per heavy atom. The molecule has 2 aliphatic carbocycles. The smallest absolute Gasteiger partial charge is 0.255 e. The van der Waals surface area contributed by atoms with Crippen LogP contribution in [0, 0.1) is 11.8 Å². The van der Waals surface area contributed by atoms with Gasteiger partial charge in [0, 0.05) is 35.8 Å². The van der Waals surface area contributed by atoms with Gasteiger partial charge in [-0.1, -0.05) is 31.6 Å². The van der Waals surface area contributed by atoms with Gasteiger partial charge in [0.2, 0.25) is 12.3 Å². The van der Waals surface area contributed by atoms with Crippen molar-refractivity contribution in [2.24, 2.45) is 11.8 Å². The lowest BCUT2D eigenvalue weighted by Crippen LogP contribution is -2.49. The van der Waals surface area contributed by atoms with Crippen molar-refractivity contribution in [2.45, 2.75) is 102 Å². The summed E-state index contributed by atoms with van der Waals surface area (Å²) in [6, 6.07) is 6.50. The topological polar surface area (TPSA) is 61.4 Å². The van der Waals surface area contributed by atoms with Gasteiger partial charge in [0.15, 0.2) is 0 Å². The maximum Gasteiger partial charge on any atom is 0.255 e. The lowest BCUT2D eigenvalue weighted by molar-refractivity contribution is -0.126. The van der Waals surface area contributed by atoms with Crippen molar-refractivity contribution in [3.05, 3.63) is 47.2 Å². The van der Waals surface area contributed by atoms with Crippen molar-refractivity contribution < 1.29 is 18.4 Å². The molecule has 1 saturated heterocycles. The van der Waals surface area contributed by atoms with Crippen LogP contribution in [0.15, 0.2) is 30.5 Å². The minimum atomic E-state index is -2.19. The Kier molecular flexibility index (Phi) is 7.24. The Morgan fingerprint density at radius 3 is 2.57 bits per heavy atom. The molecule has 2 N–H and O–H groups in total. The quantitative estimate of drug-likeness (QED) is 0.599.